The van der Waals surface area contributed by atoms with Crippen molar-refractivity contribution in [2.45, 2.75) is 39.0 Å². The van der Waals surface area contributed by atoms with E-state index < -0.39 is 18.3 Å². The molecule has 1 aromatic rings. The summed E-state index contributed by atoms with van der Waals surface area (Å²) < 4.78 is 13.7. The number of hydrogen-bond acceptors (Lipinski definition) is 3. The minimum absolute atomic E-state index is 0.0947. The predicted molar refractivity (Wildman–Crippen MR) is 105 cm³/mol. The molecule has 2 amide bonds. The van der Waals surface area contributed by atoms with Gasteiger partial charge < -0.3 is 15.5 Å². The fourth-order valence-corrected chi connectivity index (χ4v) is 2.61. The molecule has 0 aliphatic carbocycles. The van der Waals surface area contributed by atoms with Crippen molar-refractivity contribution in [1.29, 1.82) is 0 Å². The quantitative estimate of drug-likeness (QED) is 0.772. The topological polar surface area (TPSA) is 61.4 Å². The van der Waals surface area contributed by atoms with Gasteiger partial charge in [0, 0.05) is 19.8 Å². The van der Waals surface area contributed by atoms with Gasteiger partial charge >= 0.3 is 0 Å². The number of halogens is 1. The lowest BCUT2D eigenvalue weighted by atomic mass is 10.0. The number of hydrogen-bond donors (Lipinski definition) is 2. The SMILES string of the molecule is CC(C)[C@H](F)CN[C@@H](C)C(=O)NC1C=C(c2ccccc2)C=CN(C)C1=O. The molecule has 2 rings (SSSR count). The molecule has 1 aliphatic rings. The Bertz CT molecular complexity index is 715. The number of rotatable bonds is 7. The molecule has 0 spiro atoms. The molecule has 2 N–H and O–H groups in total. The van der Waals surface area contributed by atoms with Crippen LogP contribution in [0.5, 0.6) is 0 Å². The number of carbonyl (C=O) groups is 2. The van der Waals surface area contributed by atoms with E-state index in [-0.39, 0.29) is 24.3 Å². The van der Waals surface area contributed by atoms with Crippen molar-refractivity contribution in [3.05, 3.63) is 54.2 Å². The lowest BCUT2D eigenvalue weighted by Gasteiger charge is -2.22. The first kappa shape index (κ1) is 20.8. The van der Waals surface area contributed by atoms with Crippen molar-refractivity contribution >= 4 is 17.4 Å². The smallest absolute Gasteiger partial charge is 0.252 e. The van der Waals surface area contributed by atoms with Crippen LogP contribution < -0.4 is 10.6 Å². The molecular formula is C21H28FN3O2. The molecular weight excluding hydrogens is 345 g/mol. The van der Waals surface area contributed by atoms with Crippen LogP contribution in [-0.2, 0) is 9.59 Å². The van der Waals surface area contributed by atoms with E-state index in [0.717, 1.165) is 11.1 Å². The van der Waals surface area contributed by atoms with E-state index >= 15 is 0 Å². The summed E-state index contributed by atoms with van der Waals surface area (Å²) in [5.74, 6) is -0.696. The highest BCUT2D eigenvalue weighted by Gasteiger charge is 2.26. The fraction of sp³-hybridized carbons (Fsp3) is 0.429. The Hall–Kier alpha value is -2.47. The highest BCUT2D eigenvalue weighted by Crippen LogP contribution is 2.19. The Morgan fingerprint density at radius 3 is 2.52 bits per heavy atom. The van der Waals surface area contributed by atoms with Crippen LogP contribution in [-0.4, -0.2) is 48.6 Å². The molecule has 0 radical (unpaired) electrons. The van der Waals surface area contributed by atoms with Gasteiger partial charge in [-0.05, 0) is 36.1 Å². The summed E-state index contributed by atoms with van der Waals surface area (Å²) >= 11 is 0. The van der Waals surface area contributed by atoms with Gasteiger partial charge in [0.2, 0.25) is 5.91 Å². The van der Waals surface area contributed by atoms with E-state index in [1.54, 1.807) is 40.1 Å². The number of nitrogens with zero attached hydrogens (tertiary/aromatic N) is 1. The van der Waals surface area contributed by atoms with Crippen molar-refractivity contribution in [3.8, 4) is 0 Å². The van der Waals surface area contributed by atoms with Crippen LogP contribution in [0.4, 0.5) is 4.39 Å². The first-order chi connectivity index (χ1) is 12.8. The van der Waals surface area contributed by atoms with Gasteiger partial charge in [-0.15, -0.1) is 0 Å². The van der Waals surface area contributed by atoms with E-state index in [1.165, 1.54) is 4.90 Å². The average Bonchev–Trinajstić information content (AvgIpc) is 2.80. The van der Waals surface area contributed by atoms with E-state index in [1.807, 2.05) is 36.4 Å². The third kappa shape index (κ3) is 5.76. The number of nitrogens with one attached hydrogen (secondary N) is 2. The van der Waals surface area contributed by atoms with Crippen molar-refractivity contribution in [3.63, 3.8) is 0 Å². The maximum Gasteiger partial charge on any atom is 0.252 e. The van der Waals surface area contributed by atoms with Crippen molar-refractivity contribution in [2.24, 2.45) is 5.92 Å². The zero-order chi connectivity index (χ0) is 20.0. The van der Waals surface area contributed by atoms with Crippen molar-refractivity contribution < 1.29 is 14.0 Å². The first-order valence-electron chi connectivity index (χ1n) is 9.19. The minimum Gasteiger partial charge on any atom is -0.340 e. The lowest BCUT2D eigenvalue weighted by Crippen LogP contribution is -2.51. The Morgan fingerprint density at radius 2 is 1.89 bits per heavy atom. The molecule has 0 fully saturated rings. The van der Waals surface area contributed by atoms with Gasteiger partial charge in [0.1, 0.15) is 12.2 Å². The third-order valence-corrected chi connectivity index (χ3v) is 4.58. The number of allylic oxidation sites excluding steroid dienone is 2. The average molecular weight is 373 g/mol. The second kappa shape index (κ2) is 9.46. The maximum atomic E-state index is 13.7. The second-order valence-corrected chi connectivity index (χ2v) is 7.13. The standard InChI is InChI=1S/C21H28FN3O2/c1-14(2)18(22)13-23-15(3)20(26)24-19-12-17(10-11-25(4)21(19)27)16-8-6-5-7-9-16/h5-12,14-15,18-19,23H,13H2,1-4H3,(H,24,26)/t15-,18+,19?/m0/s1. The minimum atomic E-state index is -1.03. The first-order valence-corrected chi connectivity index (χ1v) is 9.19. The summed E-state index contributed by atoms with van der Waals surface area (Å²) in [5.41, 5.74) is 1.81. The Kier molecular flexibility index (Phi) is 7.30. The summed E-state index contributed by atoms with van der Waals surface area (Å²) in [6.07, 6.45) is 4.25. The van der Waals surface area contributed by atoms with Gasteiger partial charge in [-0.25, -0.2) is 4.39 Å². The number of likely N-dealkylation sites (N-methyl/N-ethyl adjacent to an activating group) is 1. The summed E-state index contributed by atoms with van der Waals surface area (Å²) in [6.45, 7) is 5.34. The Balaban J connectivity index is 2.10. The fourth-order valence-electron chi connectivity index (χ4n) is 2.61. The molecule has 0 aromatic heterocycles. The number of alkyl halides is 1. The van der Waals surface area contributed by atoms with Crippen LogP contribution in [0.2, 0.25) is 0 Å². The van der Waals surface area contributed by atoms with E-state index in [0.29, 0.717) is 0 Å². The van der Waals surface area contributed by atoms with Gasteiger partial charge in [0.15, 0.2) is 0 Å². The second-order valence-electron chi connectivity index (χ2n) is 7.13. The Labute approximate surface area is 160 Å². The molecule has 1 aliphatic heterocycles. The zero-order valence-corrected chi connectivity index (χ0v) is 16.3. The number of benzene rings is 1. The summed E-state index contributed by atoms with van der Waals surface area (Å²) in [6, 6.07) is 8.26. The van der Waals surface area contributed by atoms with Gasteiger partial charge in [-0.3, -0.25) is 9.59 Å². The van der Waals surface area contributed by atoms with E-state index in [4.69, 9.17) is 0 Å². The van der Waals surface area contributed by atoms with Crippen LogP contribution >= 0.6 is 0 Å². The van der Waals surface area contributed by atoms with Crippen LogP contribution in [0.15, 0.2) is 48.7 Å². The predicted octanol–water partition coefficient (Wildman–Crippen LogP) is 2.51. The Morgan fingerprint density at radius 1 is 1.22 bits per heavy atom. The van der Waals surface area contributed by atoms with Crippen LogP contribution in [0.3, 0.4) is 0 Å². The molecule has 1 heterocycles. The molecule has 0 bridgehead atoms. The zero-order valence-electron chi connectivity index (χ0n) is 16.3. The molecule has 1 aromatic carbocycles. The maximum absolute atomic E-state index is 13.7. The normalized spacial score (nSPS) is 19.5. The third-order valence-electron chi connectivity index (χ3n) is 4.58. The van der Waals surface area contributed by atoms with Gasteiger partial charge in [-0.2, -0.15) is 0 Å². The molecule has 5 nitrogen and oxygen atoms in total. The molecule has 1 unspecified atom stereocenters. The van der Waals surface area contributed by atoms with Crippen molar-refractivity contribution in [1.82, 2.24) is 15.5 Å². The molecule has 0 saturated heterocycles. The molecule has 0 saturated carbocycles. The van der Waals surface area contributed by atoms with Crippen molar-refractivity contribution in [2.75, 3.05) is 13.6 Å². The highest BCUT2D eigenvalue weighted by atomic mass is 19.1. The number of carbonyl (C=O) groups excluding carboxylic acids is 2. The van der Waals surface area contributed by atoms with Gasteiger partial charge in [-0.1, -0.05) is 44.2 Å². The highest BCUT2D eigenvalue weighted by molar-refractivity contribution is 5.94. The van der Waals surface area contributed by atoms with Crippen LogP contribution in [0.1, 0.15) is 26.3 Å². The number of amides is 2. The monoisotopic (exact) mass is 373 g/mol. The molecule has 6 heteroatoms. The molecule has 146 valence electrons. The van der Waals surface area contributed by atoms with Crippen LogP contribution in [0.25, 0.3) is 5.57 Å². The summed E-state index contributed by atoms with van der Waals surface area (Å²) in [7, 11) is 1.65. The lowest BCUT2D eigenvalue weighted by molar-refractivity contribution is -0.132. The van der Waals surface area contributed by atoms with Gasteiger partial charge in [0.25, 0.3) is 5.91 Å². The largest absolute Gasteiger partial charge is 0.340 e. The van der Waals surface area contributed by atoms with Gasteiger partial charge in [0.05, 0.1) is 6.04 Å². The molecule has 3 atom stereocenters. The van der Waals surface area contributed by atoms with Crippen LogP contribution in [0, 0.1) is 5.92 Å². The summed E-state index contributed by atoms with van der Waals surface area (Å²) in [4.78, 5) is 26.5. The van der Waals surface area contributed by atoms with E-state index in [2.05, 4.69) is 10.6 Å². The summed E-state index contributed by atoms with van der Waals surface area (Å²) in [5, 5.41) is 5.65. The van der Waals surface area contributed by atoms with E-state index in [9.17, 15) is 14.0 Å². The molecule has 27 heavy (non-hydrogen) atoms.